The van der Waals surface area contributed by atoms with Gasteiger partial charge in [-0.15, -0.1) is 16.8 Å². The van der Waals surface area contributed by atoms with E-state index in [1.54, 1.807) is 28.8 Å². The van der Waals surface area contributed by atoms with Gasteiger partial charge in [-0.05, 0) is 42.5 Å². The van der Waals surface area contributed by atoms with E-state index in [1.807, 2.05) is 0 Å². The number of benzene rings is 2. The Kier molecular flexibility index (Phi) is 7.73. The van der Waals surface area contributed by atoms with Crippen molar-refractivity contribution in [1.82, 2.24) is 14.8 Å². The Labute approximate surface area is 187 Å². The van der Waals surface area contributed by atoms with Crippen LogP contribution >= 0.6 is 35.0 Å². The maximum atomic E-state index is 13.0. The number of carbonyl (C=O) groups is 1. The van der Waals surface area contributed by atoms with Gasteiger partial charge in [-0.2, -0.15) is 0 Å². The van der Waals surface area contributed by atoms with Gasteiger partial charge in [-0.3, -0.25) is 9.36 Å². The fourth-order valence-electron chi connectivity index (χ4n) is 2.43. The average Bonchev–Trinajstić information content (AvgIpc) is 3.10. The first-order valence-electron chi connectivity index (χ1n) is 8.75. The number of ether oxygens (including phenoxy) is 1. The van der Waals surface area contributed by atoms with Crippen molar-refractivity contribution in [1.29, 1.82) is 0 Å². The quantitative estimate of drug-likeness (QED) is 0.345. The topological polar surface area (TPSA) is 69.0 Å². The summed E-state index contributed by atoms with van der Waals surface area (Å²) in [6.07, 6.45) is 1.70. The van der Waals surface area contributed by atoms with Gasteiger partial charge in [-0.1, -0.05) is 41.0 Å². The normalized spacial score (nSPS) is 10.6. The fraction of sp³-hybridized carbons (Fsp3) is 0.150. The summed E-state index contributed by atoms with van der Waals surface area (Å²) in [6, 6.07) is 10.5. The van der Waals surface area contributed by atoms with Crippen LogP contribution < -0.4 is 10.1 Å². The number of amides is 1. The predicted molar refractivity (Wildman–Crippen MR) is 117 cm³/mol. The number of nitrogens with zero attached hydrogens (tertiary/aromatic N) is 3. The highest BCUT2D eigenvalue weighted by molar-refractivity contribution is 7.99. The Morgan fingerprint density at radius 2 is 2.00 bits per heavy atom. The Morgan fingerprint density at radius 3 is 2.70 bits per heavy atom. The van der Waals surface area contributed by atoms with E-state index in [0.717, 1.165) is 0 Å². The van der Waals surface area contributed by atoms with Gasteiger partial charge in [-0.25, -0.2) is 4.39 Å². The lowest BCUT2D eigenvalue weighted by Gasteiger charge is -2.10. The van der Waals surface area contributed by atoms with Gasteiger partial charge in [0, 0.05) is 11.6 Å². The van der Waals surface area contributed by atoms with Crippen LogP contribution in [0.5, 0.6) is 5.75 Å². The third-order valence-corrected chi connectivity index (χ3v) is 5.34. The van der Waals surface area contributed by atoms with Crippen LogP contribution in [0.3, 0.4) is 0 Å². The zero-order valence-corrected chi connectivity index (χ0v) is 18.0. The van der Waals surface area contributed by atoms with E-state index in [4.69, 9.17) is 27.9 Å². The summed E-state index contributed by atoms with van der Waals surface area (Å²) in [7, 11) is 0. The molecule has 1 heterocycles. The van der Waals surface area contributed by atoms with Gasteiger partial charge in [0.15, 0.2) is 11.0 Å². The number of aromatic nitrogens is 3. The summed E-state index contributed by atoms with van der Waals surface area (Å²) in [6.45, 7) is 4.33. The monoisotopic (exact) mass is 466 g/mol. The summed E-state index contributed by atoms with van der Waals surface area (Å²) in [5.41, 5.74) is 0.479. The predicted octanol–water partition coefficient (Wildman–Crippen LogP) is 5.22. The first-order valence-corrected chi connectivity index (χ1v) is 10.5. The molecule has 3 rings (SSSR count). The molecular weight excluding hydrogens is 450 g/mol. The van der Waals surface area contributed by atoms with Crippen molar-refractivity contribution in [2.45, 2.75) is 18.3 Å². The number of nitrogens with one attached hydrogen (secondary N) is 1. The van der Waals surface area contributed by atoms with E-state index in [-0.39, 0.29) is 24.1 Å². The van der Waals surface area contributed by atoms with E-state index in [9.17, 15) is 9.18 Å². The summed E-state index contributed by atoms with van der Waals surface area (Å²) in [5, 5.41) is 12.4. The Bertz CT molecular complexity index is 1040. The van der Waals surface area contributed by atoms with E-state index in [2.05, 4.69) is 22.1 Å². The molecule has 1 amide bonds. The Hall–Kier alpha value is -2.55. The molecule has 0 radical (unpaired) electrons. The zero-order chi connectivity index (χ0) is 21.5. The molecule has 1 aromatic heterocycles. The molecule has 0 spiro atoms. The summed E-state index contributed by atoms with van der Waals surface area (Å²) in [5.74, 6) is 0.587. The molecule has 0 aliphatic carbocycles. The van der Waals surface area contributed by atoms with Crippen LogP contribution in [0, 0.1) is 5.82 Å². The maximum Gasteiger partial charge on any atom is 0.234 e. The molecule has 10 heteroatoms. The van der Waals surface area contributed by atoms with Crippen LogP contribution in [-0.4, -0.2) is 26.4 Å². The molecule has 0 saturated carbocycles. The van der Waals surface area contributed by atoms with Crippen molar-refractivity contribution in [2.75, 3.05) is 11.1 Å². The van der Waals surface area contributed by atoms with Crippen LogP contribution in [-0.2, 0) is 17.9 Å². The van der Waals surface area contributed by atoms with Crippen molar-refractivity contribution < 1.29 is 13.9 Å². The molecular formula is C20H17Cl2FN4O2S. The molecule has 0 bridgehead atoms. The van der Waals surface area contributed by atoms with Gasteiger partial charge in [0.2, 0.25) is 5.91 Å². The molecule has 0 atom stereocenters. The standard InChI is InChI=1S/C20H17Cl2FN4O2S/c1-2-9-27-18(11-29-15-6-4-14(23)5-7-15)25-26-20(27)30-12-19(28)24-17-8-3-13(21)10-16(17)22/h2-8,10H,1,9,11-12H2,(H,24,28). The highest BCUT2D eigenvalue weighted by Crippen LogP contribution is 2.26. The number of thioether (sulfide) groups is 1. The molecule has 0 fully saturated rings. The highest BCUT2D eigenvalue weighted by atomic mass is 35.5. The van der Waals surface area contributed by atoms with Crippen molar-refractivity contribution in [3.05, 3.63) is 76.8 Å². The van der Waals surface area contributed by atoms with Gasteiger partial charge >= 0.3 is 0 Å². The zero-order valence-electron chi connectivity index (χ0n) is 15.6. The van der Waals surface area contributed by atoms with E-state index in [0.29, 0.717) is 39.0 Å². The number of halogens is 3. The largest absolute Gasteiger partial charge is 0.486 e. The van der Waals surface area contributed by atoms with Crippen LogP contribution in [0.2, 0.25) is 10.0 Å². The third-order valence-electron chi connectivity index (χ3n) is 3.82. The summed E-state index contributed by atoms with van der Waals surface area (Å²) < 4.78 is 20.4. The molecule has 30 heavy (non-hydrogen) atoms. The maximum absolute atomic E-state index is 13.0. The minimum absolute atomic E-state index is 0.104. The van der Waals surface area contributed by atoms with Crippen molar-refractivity contribution in [3.63, 3.8) is 0 Å². The highest BCUT2D eigenvalue weighted by Gasteiger charge is 2.15. The summed E-state index contributed by atoms with van der Waals surface area (Å²) >= 11 is 13.2. The van der Waals surface area contributed by atoms with Crippen LogP contribution in [0.15, 0.2) is 60.3 Å². The van der Waals surface area contributed by atoms with Crippen molar-refractivity contribution in [3.8, 4) is 5.75 Å². The first kappa shape index (κ1) is 22.1. The minimum atomic E-state index is -0.339. The number of anilines is 1. The second-order valence-electron chi connectivity index (χ2n) is 6.00. The summed E-state index contributed by atoms with van der Waals surface area (Å²) in [4.78, 5) is 12.3. The molecule has 3 aromatic rings. The average molecular weight is 467 g/mol. The molecule has 2 aromatic carbocycles. The first-order chi connectivity index (χ1) is 14.5. The third kappa shape index (κ3) is 5.98. The molecule has 0 saturated heterocycles. The smallest absolute Gasteiger partial charge is 0.234 e. The molecule has 0 unspecified atom stereocenters. The van der Waals surface area contributed by atoms with E-state index >= 15 is 0 Å². The minimum Gasteiger partial charge on any atom is -0.486 e. The molecule has 156 valence electrons. The molecule has 0 aliphatic rings. The van der Waals surface area contributed by atoms with Gasteiger partial charge in [0.05, 0.1) is 16.5 Å². The fourth-order valence-corrected chi connectivity index (χ4v) is 3.65. The number of hydrogen-bond donors (Lipinski definition) is 1. The van der Waals surface area contributed by atoms with Gasteiger partial charge in [0.25, 0.3) is 0 Å². The van der Waals surface area contributed by atoms with Crippen LogP contribution in [0.25, 0.3) is 0 Å². The Balaban J connectivity index is 1.61. The molecule has 0 aliphatic heterocycles. The lowest BCUT2D eigenvalue weighted by Crippen LogP contribution is -2.15. The second kappa shape index (κ2) is 10.5. The van der Waals surface area contributed by atoms with Gasteiger partial charge < -0.3 is 10.1 Å². The number of rotatable bonds is 9. The van der Waals surface area contributed by atoms with Gasteiger partial charge in [0.1, 0.15) is 18.2 Å². The van der Waals surface area contributed by atoms with E-state index in [1.165, 1.54) is 36.0 Å². The Morgan fingerprint density at radius 1 is 1.23 bits per heavy atom. The number of carbonyl (C=O) groups excluding carboxylic acids is 1. The lowest BCUT2D eigenvalue weighted by atomic mass is 10.3. The van der Waals surface area contributed by atoms with E-state index < -0.39 is 0 Å². The SMILES string of the molecule is C=CCn1c(COc2ccc(F)cc2)nnc1SCC(=O)Nc1ccc(Cl)cc1Cl. The van der Waals surface area contributed by atoms with Crippen LogP contribution in [0.1, 0.15) is 5.82 Å². The lowest BCUT2D eigenvalue weighted by molar-refractivity contribution is -0.113. The molecule has 1 N–H and O–H groups in total. The van der Waals surface area contributed by atoms with Crippen molar-refractivity contribution in [2.24, 2.45) is 0 Å². The molecule has 6 nitrogen and oxygen atoms in total. The number of hydrogen-bond acceptors (Lipinski definition) is 5. The second-order valence-corrected chi connectivity index (χ2v) is 7.79. The van der Waals surface area contributed by atoms with Crippen molar-refractivity contribution >= 4 is 46.6 Å². The van der Waals surface area contributed by atoms with Crippen LogP contribution in [0.4, 0.5) is 10.1 Å². The number of allylic oxidation sites excluding steroid dienone is 1.